The molecule has 134 valence electrons. The van der Waals surface area contributed by atoms with Crippen LogP contribution in [-0.4, -0.2) is 19.3 Å². The number of aromatic nitrogens is 1. The van der Waals surface area contributed by atoms with Crippen molar-refractivity contribution in [2.45, 2.75) is 11.8 Å². The number of carbonyl (C=O) groups excluding carboxylic acids is 1. The highest BCUT2D eigenvalue weighted by atomic mass is 32.2. The highest BCUT2D eigenvalue weighted by molar-refractivity contribution is 7.90. The molecule has 1 heterocycles. The number of benzene rings is 2. The molecule has 0 aliphatic rings. The minimum Gasteiger partial charge on any atom is -0.360 e. The Morgan fingerprint density at radius 1 is 1.19 bits per heavy atom. The topological polar surface area (TPSA) is 79.0 Å². The van der Waals surface area contributed by atoms with E-state index in [2.05, 4.69) is 4.98 Å². The first-order valence-electron chi connectivity index (χ1n) is 7.54. The molecular weight excluding hydrogens is 362 g/mol. The molecule has 2 N–H and O–H groups in total. The molecule has 1 aromatic heterocycles. The molecule has 3 rings (SSSR count). The summed E-state index contributed by atoms with van der Waals surface area (Å²) in [6.07, 6.45) is 3.93. The molecule has 26 heavy (non-hydrogen) atoms. The predicted molar refractivity (Wildman–Crippen MR) is 93.8 cm³/mol. The lowest BCUT2D eigenvalue weighted by Crippen LogP contribution is -2.29. The fraction of sp³-hybridized carbons (Fsp3) is 0.0556. The Bertz CT molecular complexity index is 1130. The van der Waals surface area contributed by atoms with Crippen LogP contribution in [0.25, 0.3) is 17.0 Å². The van der Waals surface area contributed by atoms with Crippen LogP contribution in [0, 0.1) is 18.6 Å². The van der Waals surface area contributed by atoms with Gasteiger partial charge in [0.2, 0.25) is 0 Å². The predicted octanol–water partition coefficient (Wildman–Crippen LogP) is 3.27. The molecule has 0 atom stereocenters. The molecule has 5 nitrogen and oxygen atoms in total. The van der Waals surface area contributed by atoms with Crippen molar-refractivity contribution < 1.29 is 22.0 Å². The Hall–Kier alpha value is -3.00. The number of sulfonamides is 1. The summed E-state index contributed by atoms with van der Waals surface area (Å²) in [6, 6.07) is 7.28. The molecule has 0 radical (unpaired) electrons. The maximum Gasteiger partial charge on any atom is 0.267 e. The number of carbonyl (C=O) groups is 1. The van der Waals surface area contributed by atoms with Crippen LogP contribution < -0.4 is 4.72 Å². The lowest BCUT2D eigenvalue weighted by molar-refractivity contribution is -0.114. The fourth-order valence-electron chi connectivity index (χ4n) is 2.54. The van der Waals surface area contributed by atoms with Gasteiger partial charge in [0.25, 0.3) is 15.9 Å². The number of H-pyrrole nitrogens is 1. The molecule has 8 heteroatoms. The molecule has 2 aromatic carbocycles. The number of hydrogen-bond donors (Lipinski definition) is 2. The summed E-state index contributed by atoms with van der Waals surface area (Å²) in [5, 5.41) is 0.657. The fourth-order valence-corrected chi connectivity index (χ4v) is 3.56. The van der Waals surface area contributed by atoms with Gasteiger partial charge in [-0.1, -0.05) is 12.1 Å². The molecule has 0 fully saturated rings. The van der Waals surface area contributed by atoms with E-state index in [-0.39, 0.29) is 0 Å². The lowest BCUT2D eigenvalue weighted by Gasteiger charge is -2.05. The molecule has 0 bridgehead atoms. The van der Waals surface area contributed by atoms with Crippen molar-refractivity contribution in [3.05, 3.63) is 71.4 Å². The number of halogens is 2. The molecule has 0 spiro atoms. The second kappa shape index (κ2) is 6.72. The average Bonchev–Trinajstić information content (AvgIpc) is 2.93. The number of aromatic amines is 1. The van der Waals surface area contributed by atoms with Crippen LogP contribution in [0.2, 0.25) is 0 Å². The number of rotatable bonds is 4. The molecule has 0 unspecified atom stereocenters. The highest BCUT2D eigenvalue weighted by Gasteiger charge is 2.20. The maximum absolute atomic E-state index is 13.7. The number of nitrogens with one attached hydrogen (secondary N) is 2. The number of fused-ring (bicyclic) bond motifs is 1. The second-order valence-corrected chi connectivity index (χ2v) is 7.27. The minimum atomic E-state index is -4.35. The summed E-state index contributed by atoms with van der Waals surface area (Å²) in [5.74, 6) is -2.43. The smallest absolute Gasteiger partial charge is 0.267 e. The third-order valence-corrected chi connectivity index (χ3v) is 5.15. The summed E-state index contributed by atoms with van der Waals surface area (Å²) in [6.45, 7) is 1.81. The Labute approximate surface area is 148 Å². The number of hydrogen-bond acceptors (Lipinski definition) is 3. The van der Waals surface area contributed by atoms with Crippen LogP contribution in [0.3, 0.4) is 0 Å². The standard InChI is InChI=1S/C18H14F2N2O3S/c1-11-10-21-18-12(8-13(19)9-14(11)18)6-7-17(23)22-26(24,25)16-5-3-2-4-15(16)20/h2-10,21H,1H3,(H,22,23)/b7-6+. The van der Waals surface area contributed by atoms with Crippen molar-refractivity contribution in [1.82, 2.24) is 9.71 Å². The summed E-state index contributed by atoms with van der Waals surface area (Å²) in [5.41, 5.74) is 1.83. The van der Waals surface area contributed by atoms with Crippen LogP contribution in [0.5, 0.6) is 0 Å². The van der Waals surface area contributed by atoms with Gasteiger partial charge in [-0.3, -0.25) is 4.79 Å². The zero-order chi connectivity index (χ0) is 18.9. The summed E-state index contributed by atoms with van der Waals surface area (Å²) >= 11 is 0. The van der Waals surface area contributed by atoms with Gasteiger partial charge in [-0.2, -0.15) is 0 Å². The Morgan fingerprint density at radius 2 is 1.92 bits per heavy atom. The molecule has 0 saturated carbocycles. The van der Waals surface area contributed by atoms with Gasteiger partial charge in [-0.25, -0.2) is 21.9 Å². The van der Waals surface area contributed by atoms with E-state index in [1.165, 1.54) is 30.3 Å². The number of aryl methyl sites for hydroxylation is 1. The molecule has 3 aromatic rings. The summed E-state index contributed by atoms with van der Waals surface area (Å²) < 4.78 is 53.2. The largest absolute Gasteiger partial charge is 0.360 e. The van der Waals surface area contributed by atoms with Crippen molar-refractivity contribution in [1.29, 1.82) is 0 Å². The zero-order valence-corrected chi connectivity index (χ0v) is 14.4. The Kier molecular flexibility index (Phi) is 4.60. The SMILES string of the molecule is Cc1c[nH]c2c(/C=C/C(=O)NS(=O)(=O)c3ccccc3F)cc(F)cc12. The van der Waals surface area contributed by atoms with Crippen LogP contribution in [-0.2, 0) is 14.8 Å². The van der Waals surface area contributed by atoms with Crippen molar-refractivity contribution >= 4 is 32.9 Å². The lowest BCUT2D eigenvalue weighted by atomic mass is 10.1. The van der Waals surface area contributed by atoms with Gasteiger partial charge in [0.1, 0.15) is 16.5 Å². The molecule has 1 amide bonds. The van der Waals surface area contributed by atoms with Crippen molar-refractivity contribution in [2.75, 3.05) is 0 Å². The second-order valence-electron chi connectivity index (χ2n) is 5.62. The first kappa shape index (κ1) is 17.8. The van der Waals surface area contributed by atoms with Gasteiger partial charge in [0.05, 0.1) is 5.52 Å². The van der Waals surface area contributed by atoms with E-state index in [4.69, 9.17) is 0 Å². The van der Waals surface area contributed by atoms with E-state index in [0.717, 1.165) is 23.8 Å². The van der Waals surface area contributed by atoms with Crippen LogP contribution in [0.15, 0.2) is 53.6 Å². The van der Waals surface area contributed by atoms with Gasteiger partial charge in [0, 0.05) is 23.2 Å². The summed E-state index contributed by atoms with van der Waals surface area (Å²) in [4.78, 5) is 14.3. The minimum absolute atomic E-state index is 0.381. The Balaban J connectivity index is 1.86. The average molecular weight is 376 g/mol. The van der Waals surface area contributed by atoms with E-state index in [1.807, 2.05) is 0 Å². The monoisotopic (exact) mass is 376 g/mol. The zero-order valence-electron chi connectivity index (χ0n) is 13.6. The molecule has 0 saturated heterocycles. The van der Waals surface area contributed by atoms with E-state index < -0.39 is 32.5 Å². The van der Waals surface area contributed by atoms with E-state index >= 15 is 0 Å². The van der Waals surface area contributed by atoms with Gasteiger partial charge in [-0.15, -0.1) is 0 Å². The third kappa shape index (κ3) is 3.50. The highest BCUT2D eigenvalue weighted by Crippen LogP contribution is 2.24. The normalized spacial score (nSPS) is 12.0. The van der Waals surface area contributed by atoms with Crippen LogP contribution in [0.4, 0.5) is 8.78 Å². The number of amides is 1. The van der Waals surface area contributed by atoms with Gasteiger partial charge in [-0.05, 0) is 42.8 Å². The summed E-state index contributed by atoms with van der Waals surface area (Å²) in [7, 11) is -4.35. The van der Waals surface area contributed by atoms with Crippen molar-refractivity contribution in [3.63, 3.8) is 0 Å². The van der Waals surface area contributed by atoms with Crippen molar-refractivity contribution in [2.24, 2.45) is 0 Å². The first-order chi connectivity index (χ1) is 12.3. The first-order valence-corrected chi connectivity index (χ1v) is 9.03. The molecule has 0 aliphatic heterocycles. The van der Waals surface area contributed by atoms with E-state index in [0.29, 0.717) is 16.5 Å². The molecular formula is C18H14F2N2O3S. The Morgan fingerprint density at radius 3 is 2.65 bits per heavy atom. The maximum atomic E-state index is 13.7. The van der Waals surface area contributed by atoms with E-state index in [9.17, 15) is 22.0 Å². The van der Waals surface area contributed by atoms with Gasteiger partial charge < -0.3 is 4.98 Å². The third-order valence-electron chi connectivity index (χ3n) is 3.77. The van der Waals surface area contributed by atoms with E-state index in [1.54, 1.807) is 17.8 Å². The van der Waals surface area contributed by atoms with Gasteiger partial charge >= 0.3 is 0 Å². The van der Waals surface area contributed by atoms with Gasteiger partial charge in [0.15, 0.2) is 0 Å². The molecule has 0 aliphatic carbocycles. The van der Waals surface area contributed by atoms with Crippen molar-refractivity contribution in [3.8, 4) is 0 Å². The van der Waals surface area contributed by atoms with Crippen LogP contribution in [0.1, 0.15) is 11.1 Å². The van der Waals surface area contributed by atoms with Crippen LogP contribution >= 0.6 is 0 Å². The quantitative estimate of drug-likeness (QED) is 0.686.